The van der Waals surface area contributed by atoms with Crippen LogP contribution in [0.3, 0.4) is 0 Å². The first-order valence-corrected chi connectivity index (χ1v) is 12.8. The molecule has 0 aliphatic rings. The number of hydrogen-bond acceptors (Lipinski definition) is 7. The number of benzene rings is 2. The molecule has 8 nitrogen and oxygen atoms in total. The number of nitrogens with one attached hydrogen (secondary N) is 1. The summed E-state index contributed by atoms with van der Waals surface area (Å²) in [4.78, 5) is 13.6. The molecule has 34 heavy (non-hydrogen) atoms. The first-order valence-electron chi connectivity index (χ1n) is 10.5. The molecule has 0 aliphatic carbocycles. The number of carbonyl (C=O) groups is 1. The second-order valence-electron chi connectivity index (χ2n) is 7.48. The third kappa shape index (κ3) is 4.59. The molecule has 5 aromatic rings. The fourth-order valence-corrected chi connectivity index (χ4v) is 4.67. The number of methoxy groups -OCH3 is 1. The Kier molecular flexibility index (Phi) is 6.41. The SMILES string of the molecule is COc1ccc(-c2cc3c4nnc(SCC(=O)NCc5ccc(SC)cc5)n4ccn3n2)cc1. The number of aromatic nitrogens is 5. The van der Waals surface area contributed by atoms with E-state index in [1.165, 1.54) is 16.7 Å². The maximum atomic E-state index is 12.4. The average Bonchev–Trinajstić information content (AvgIpc) is 3.50. The van der Waals surface area contributed by atoms with E-state index in [-0.39, 0.29) is 11.7 Å². The molecule has 0 fully saturated rings. The van der Waals surface area contributed by atoms with Gasteiger partial charge in [-0.15, -0.1) is 22.0 Å². The van der Waals surface area contributed by atoms with Crippen molar-refractivity contribution in [1.29, 1.82) is 0 Å². The molecule has 0 bridgehead atoms. The Morgan fingerprint density at radius 1 is 1.06 bits per heavy atom. The minimum atomic E-state index is -0.0529. The van der Waals surface area contributed by atoms with Crippen LogP contribution in [0.4, 0.5) is 0 Å². The summed E-state index contributed by atoms with van der Waals surface area (Å²) in [5, 5.41) is 16.9. The number of hydrogen-bond donors (Lipinski definition) is 1. The van der Waals surface area contributed by atoms with Gasteiger partial charge in [-0.3, -0.25) is 9.20 Å². The van der Waals surface area contributed by atoms with Gasteiger partial charge in [0, 0.05) is 29.4 Å². The van der Waals surface area contributed by atoms with Crippen LogP contribution in [0.2, 0.25) is 0 Å². The van der Waals surface area contributed by atoms with E-state index in [0.717, 1.165) is 28.1 Å². The number of amides is 1. The molecule has 0 saturated heterocycles. The summed E-state index contributed by atoms with van der Waals surface area (Å²) in [6.07, 6.45) is 5.77. The van der Waals surface area contributed by atoms with E-state index in [1.807, 2.05) is 65.5 Å². The maximum Gasteiger partial charge on any atom is 0.230 e. The van der Waals surface area contributed by atoms with E-state index >= 15 is 0 Å². The predicted octanol–water partition coefficient (Wildman–Crippen LogP) is 4.18. The second kappa shape index (κ2) is 9.78. The van der Waals surface area contributed by atoms with Gasteiger partial charge in [-0.25, -0.2) is 4.52 Å². The molecule has 0 atom stereocenters. The van der Waals surface area contributed by atoms with Gasteiger partial charge in [0.15, 0.2) is 10.8 Å². The predicted molar refractivity (Wildman–Crippen MR) is 135 cm³/mol. The summed E-state index contributed by atoms with van der Waals surface area (Å²) in [7, 11) is 1.64. The van der Waals surface area contributed by atoms with Crippen molar-refractivity contribution in [2.24, 2.45) is 0 Å². The minimum Gasteiger partial charge on any atom is -0.497 e. The Balaban J connectivity index is 1.27. The monoisotopic (exact) mass is 490 g/mol. The highest BCUT2D eigenvalue weighted by atomic mass is 32.2. The van der Waals surface area contributed by atoms with Crippen molar-refractivity contribution in [3.63, 3.8) is 0 Å². The smallest absolute Gasteiger partial charge is 0.230 e. The van der Waals surface area contributed by atoms with Gasteiger partial charge >= 0.3 is 0 Å². The van der Waals surface area contributed by atoms with E-state index in [1.54, 1.807) is 23.4 Å². The van der Waals surface area contributed by atoms with Crippen molar-refractivity contribution in [2.45, 2.75) is 16.6 Å². The van der Waals surface area contributed by atoms with E-state index in [2.05, 4.69) is 32.7 Å². The number of ether oxygens (including phenoxy) is 1. The van der Waals surface area contributed by atoms with Gasteiger partial charge in [-0.2, -0.15) is 5.10 Å². The maximum absolute atomic E-state index is 12.4. The van der Waals surface area contributed by atoms with Crippen LogP contribution in [0.5, 0.6) is 5.75 Å². The van der Waals surface area contributed by atoms with Crippen LogP contribution in [0.15, 0.2) is 77.0 Å². The van der Waals surface area contributed by atoms with Gasteiger partial charge in [0.1, 0.15) is 11.3 Å². The van der Waals surface area contributed by atoms with Crippen LogP contribution in [0, 0.1) is 0 Å². The van der Waals surface area contributed by atoms with Crippen molar-refractivity contribution >= 4 is 40.6 Å². The van der Waals surface area contributed by atoms with Gasteiger partial charge in [0.05, 0.1) is 18.6 Å². The molecule has 1 N–H and O–H groups in total. The highest BCUT2D eigenvalue weighted by Crippen LogP contribution is 2.25. The molecule has 0 aliphatic heterocycles. The van der Waals surface area contributed by atoms with Crippen LogP contribution in [-0.2, 0) is 11.3 Å². The third-order valence-corrected chi connectivity index (χ3v) is 7.04. The molecule has 2 aromatic carbocycles. The van der Waals surface area contributed by atoms with Gasteiger partial charge in [-0.1, -0.05) is 23.9 Å². The van der Waals surface area contributed by atoms with Crippen LogP contribution in [0.25, 0.3) is 22.4 Å². The van der Waals surface area contributed by atoms with Crippen molar-refractivity contribution in [3.05, 3.63) is 72.6 Å². The first kappa shape index (κ1) is 22.3. The van der Waals surface area contributed by atoms with Gasteiger partial charge in [0.25, 0.3) is 0 Å². The lowest BCUT2D eigenvalue weighted by molar-refractivity contribution is -0.118. The zero-order chi connectivity index (χ0) is 23.5. The molecule has 0 saturated carbocycles. The quantitative estimate of drug-likeness (QED) is 0.327. The standard InChI is InChI=1S/C24H22N6O2S2/c1-32-18-7-5-17(6-8-18)20-13-21-23-26-27-24(29(23)11-12-30(21)28-20)34-15-22(31)25-14-16-3-9-19(33-2)10-4-16/h3-13H,14-15H2,1-2H3,(H,25,31). The average molecular weight is 491 g/mol. The number of thioether (sulfide) groups is 2. The Hall–Kier alpha value is -3.50. The molecule has 10 heteroatoms. The topological polar surface area (TPSA) is 85.8 Å². The molecule has 172 valence electrons. The molecule has 5 rings (SSSR count). The molecule has 1 amide bonds. The Bertz CT molecular complexity index is 1440. The number of rotatable bonds is 8. The Morgan fingerprint density at radius 3 is 2.59 bits per heavy atom. The van der Waals surface area contributed by atoms with Crippen LogP contribution in [0.1, 0.15) is 5.56 Å². The van der Waals surface area contributed by atoms with Crippen LogP contribution >= 0.6 is 23.5 Å². The molecule has 0 radical (unpaired) electrons. The zero-order valence-electron chi connectivity index (χ0n) is 18.6. The summed E-state index contributed by atoms with van der Waals surface area (Å²) in [5.41, 5.74) is 4.41. The van der Waals surface area contributed by atoms with Crippen LogP contribution < -0.4 is 10.1 Å². The van der Waals surface area contributed by atoms with Crippen molar-refractivity contribution in [1.82, 2.24) is 29.5 Å². The fourth-order valence-electron chi connectivity index (χ4n) is 3.52. The Morgan fingerprint density at radius 2 is 1.85 bits per heavy atom. The molecule has 0 spiro atoms. The molecule has 0 unspecified atom stereocenters. The molecular weight excluding hydrogens is 468 g/mol. The highest BCUT2D eigenvalue weighted by molar-refractivity contribution is 7.99. The summed E-state index contributed by atoms with van der Waals surface area (Å²) in [6.45, 7) is 0.499. The first-order chi connectivity index (χ1) is 16.6. The molecular formula is C24H22N6O2S2. The van der Waals surface area contributed by atoms with E-state index < -0.39 is 0 Å². The van der Waals surface area contributed by atoms with Gasteiger partial charge in [-0.05, 0) is 54.3 Å². The Labute approximate surface area is 204 Å². The lowest BCUT2D eigenvalue weighted by atomic mass is 10.1. The number of carbonyl (C=O) groups excluding carboxylic acids is 1. The van der Waals surface area contributed by atoms with Crippen molar-refractivity contribution < 1.29 is 9.53 Å². The van der Waals surface area contributed by atoms with Gasteiger partial charge < -0.3 is 10.1 Å². The minimum absolute atomic E-state index is 0.0529. The van der Waals surface area contributed by atoms with E-state index in [9.17, 15) is 4.79 Å². The molecule has 3 heterocycles. The fraction of sp³-hybridized carbons (Fsp3) is 0.167. The van der Waals surface area contributed by atoms with E-state index in [4.69, 9.17) is 4.74 Å². The lowest BCUT2D eigenvalue weighted by Gasteiger charge is -2.06. The summed E-state index contributed by atoms with van der Waals surface area (Å²) in [6, 6.07) is 17.9. The van der Waals surface area contributed by atoms with Crippen LogP contribution in [-0.4, -0.2) is 49.2 Å². The largest absolute Gasteiger partial charge is 0.497 e. The lowest BCUT2D eigenvalue weighted by Crippen LogP contribution is -2.24. The summed E-state index contributed by atoms with van der Waals surface area (Å²) >= 11 is 3.05. The normalized spacial score (nSPS) is 11.2. The van der Waals surface area contributed by atoms with Crippen molar-refractivity contribution in [2.75, 3.05) is 19.1 Å². The highest BCUT2D eigenvalue weighted by Gasteiger charge is 2.14. The number of nitrogens with zero attached hydrogens (tertiary/aromatic N) is 5. The molecule has 3 aromatic heterocycles. The summed E-state index contributed by atoms with van der Waals surface area (Å²) in [5.74, 6) is 1.00. The second-order valence-corrected chi connectivity index (χ2v) is 9.30. The van der Waals surface area contributed by atoms with Gasteiger partial charge in [0.2, 0.25) is 5.91 Å². The summed E-state index contributed by atoms with van der Waals surface area (Å²) < 4.78 is 8.90. The van der Waals surface area contributed by atoms with Crippen molar-refractivity contribution in [3.8, 4) is 17.0 Å². The zero-order valence-corrected chi connectivity index (χ0v) is 20.3. The third-order valence-electron chi connectivity index (χ3n) is 5.35. The number of fused-ring (bicyclic) bond motifs is 3. The van der Waals surface area contributed by atoms with E-state index in [0.29, 0.717) is 17.3 Å².